The molecule has 2 nitrogen and oxygen atoms in total. The Hall–Kier alpha value is -0.0500. The first-order chi connectivity index (χ1) is 6.77. The zero-order valence-electron chi connectivity index (χ0n) is 9.08. The number of rotatable bonds is 4. The molecular formula is C11H20ClNO. The van der Waals surface area contributed by atoms with Gasteiger partial charge in [0.1, 0.15) is 0 Å². The first-order valence-electron chi connectivity index (χ1n) is 5.24. The van der Waals surface area contributed by atoms with Gasteiger partial charge in [0.2, 0.25) is 0 Å². The minimum absolute atomic E-state index is 0.396. The van der Waals surface area contributed by atoms with E-state index in [-0.39, 0.29) is 0 Å². The largest absolute Gasteiger partial charge is 0.380 e. The molecule has 82 valence electrons. The van der Waals surface area contributed by atoms with Crippen molar-refractivity contribution >= 4 is 11.6 Å². The van der Waals surface area contributed by atoms with E-state index in [0.717, 1.165) is 13.1 Å². The number of alkyl halides is 1. The van der Waals surface area contributed by atoms with Gasteiger partial charge in [-0.2, -0.15) is 0 Å². The lowest BCUT2D eigenvalue weighted by atomic mass is 9.96. The summed E-state index contributed by atoms with van der Waals surface area (Å²) in [6.07, 6.45) is 5.76. The van der Waals surface area contributed by atoms with Crippen molar-refractivity contribution in [2.75, 3.05) is 32.6 Å². The second-order valence-corrected chi connectivity index (χ2v) is 4.23. The Balaban J connectivity index is 2.31. The number of hydrogen-bond donors (Lipinski definition) is 0. The summed E-state index contributed by atoms with van der Waals surface area (Å²) in [5, 5.41) is 0. The van der Waals surface area contributed by atoms with Gasteiger partial charge in [-0.25, -0.2) is 0 Å². The first-order valence-corrected chi connectivity index (χ1v) is 5.77. The van der Waals surface area contributed by atoms with Gasteiger partial charge in [-0.05, 0) is 18.9 Å². The van der Waals surface area contributed by atoms with Crippen LogP contribution in [0.3, 0.4) is 0 Å². The third-order valence-corrected chi connectivity index (χ3v) is 3.07. The first kappa shape index (κ1) is 12.0. The molecule has 2 unspecified atom stereocenters. The molecule has 1 aliphatic heterocycles. The van der Waals surface area contributed by atoms with Crippen LogP contribution in [0.5, 0.6) is 0 Å². The number of allylic oxidation sites excluding steroid dienone is 1. The van der Waals surface area contributed by atoms with Crippen molar-refractivity contribution in [1.82, 2.24) is 4.90 Å². The van der Waals surface area contributed by atoms with Gasteiger partial charge in [-0.3, -0.25) is 4.90 Å². The van der Waals surface area contributed by atoms with Crippen molar-refractivity contribution in [3.05, 3.63) is 12.2 Å². The quantitative estimate of drug-likeness (QED) is 0.529. The maximum absolute atomic E-state index is 5.57. The van der Waals surface area contributed by atoms with Gasteiger partial charge < -0.3 is 4.74 Å². The van der Waals surface area contributed by atoms with Gasteiger partial charge in [-0.1, -0.05) is 19.1 Å². The van der Waals surface area contributed by atoms with Crippen LogP contribution >= 0.6 is 11.6 Å². The number of piperidine rings is 1. The van der Waals surface area contributed by atoms with Gasteiger partial charge in [0.25, 0.3) is 0 Å². The van der Waals surface area contributed by atoms with E-state index in [1.165, 1.54) is 13.0 Å². The standard InChI is InChI=1S/C11H20ClNO/c1-10-5-8-13(7-4-3-6-12)9-11(10)14-2/h3-4,10-11H,5-9H2,1-2H3/b4-3+. The molecule has 0 saturated carbocycles. The van der Waals surface area contributed by atoms with Crippen LogP contribution in [0, 0.1) is 5.92 Å². The van der Waals surface area contributed by atoms with E-state index in [9.17, 15) is 0 Å². The predicted octanol–water partition coefficient (Wildman–Crippen LogP) is 2.14. The molecule has 14 heavy (non-hydrogen) atoms. The van der Waals surface area contributed by atoms with E-state index >= 15 is 0 Å². The van der Waals surface area contributed by atoms with Gasteiger partial charge in [0, 0.05) is 26.1 Å². The van der Waals surface area contributed by atoms with E-state index in [1.54, 1.807) is 7.11 Å². The molecule has 0 aromatic rings. The van der Waals surface area contributed by atoms with Gasteiger partial charge >= 0.3 is 0 Å². The highest BCUT2D eigenvalue weighted by Gasteiger charge is 2.24. The molecule has 0 N–H and O–H groups in total. The van der Waals surface area contributed by atoms with Gasteiger partial charge in [0.15, 0.2) is 0 Å². The van der Waals surface area contributed by atoms with Crippen molar-refractivity contribution in [3.8, 4) is 0 Å². The number of hydrogen-bond acceptors (Lipinski definition) is 2. The molecule has 0 bridgehead atoms. The fourth-order valence-corrected chi connectivity index (χ4v) is 1.98. The molecular weight excluding hydrogens is 198 g/mol. The van der Waals surface area contributed by atoms with E-state index in [1.807, 2.05) is 6.08 Å². The van der Waals surface area contributed by atoms with Crippen LogP contribution in [0.2, 0.25) is 0 Å². The van der Waals surface area contributed by atoms with Crippen LogP contribution in [0.4, 0.5) is 0 Å². The number of likely N-dealkylation sites (tertiary alicyclic amines) is 1. The molecule has 0 spiro atoms. The van der Waals surface area contributed by atoms with Crippen LogP contribution < -0.4 is 0 Å². The average molecular weight is 218 g/mol. The lowest BCUT2D eigenvalue weighted by molar-refractivity contribution is -0.00128. The Bertz CT molecular complexity index is 184. The highest BCUT2D eigenvalue weighted by molar-refractivity contribution is 6.18. The van der Waals surface area contributed by atoms with Crippen LogP contribution in [0.25, 0.3) is 0 Å². The molecule has 0 radical (unpaired) electrons. The van der Waals surface area contributed by atoms with Crippen LogP contribution in [-0.4, -0.2) is 43.6 Å². The lowest BCUT2D eigenvalue weighted by Gasteiger charge is -2.35. The van der Waals surface area contributed by atoms with Gasteiger partial charge in [-0.15, -0.1) is 11.6 Å². The minimum Gasteiger partial charge on any atom is -0.380 e. The zero-order valence-corrected chi connectivity index (χ0v) is 9.83. The molecule has 1 heterocycles. The van der Waals surface area contributed by atoms with Crippen LogP contribution in [0.15, 0.2) is 12.2 Å². The van der Waals surface area contributed by atoms with E-state index < -0.39 is 0 Å². The number of methoxy groups -OCH3 is 1. The normalized spacial score (nSPS) is 29.9. The summed E-state index contributed by atoms with van der Waals surface area (Å²) in [6, 6.07) is 0. The Morgan fingerprint density at radius 3 is 2.93 bits per heavy atom. The monoisotopic (exact) mass is 217 g/mol. The maximum atomic E-state index is 5.57. The molecule has 0 aromatic carbocycles. The molecule has 1 fully saturated rings. The Labute approximate surface area is 91.9 Å². The van der Waals surface area contributed by atoms with Gasteiger partial charge in [0.05, 0.1) is 6.10 Å². The van der Waals surface area contributed by atoms with Crippen molar-refractivity contribution in [3.63, 3.8) is 0 Å². The van der Waals surface area contributed by atoms with Crippen molar-refractivity contribution in [1.29, 1.82) is 0 Å². The molecule has 3 heteroatoms. The summed E-state index contributed by atoms with van der Waals surface area (Å²) in [5.74, 6) is 1.30. The minimum atomic E-state index is 0.396. The molecule has 1 aliphatic rings. The van der Waals surface area contributed by atoms with Crippen LogP contribution in [-0.2, 0) is 4.74 Å². The summed E-state index contributed by atoms with van der Waals surface area (Å²) in [7, 11) is 1.80. The molecule has 1 saturated heterocycles. The average Bonchev–Trinajstić information content (AvgIpc) is 2.21. The van der Waals surface area contributed by atoms with E-state index in [0.29, 0.717) is 17.9 Å². The SMILES string of the molecule is COC1CN(C/C=C/CCl)CCC1C. The highest BCUT2D eigenvalue weighted by atomic mass is 35.5. The summed E-state index contributed by atoms with van der Waals surface area (Å²) in [5.41, 5.74) is 0. The van der Waals surface area contributed by atoms with Crippen molar-refractivity contribution in [2.45, 2.75) is 19.4 Å². The fourth-order valence-electron chi connectivity index (χ4n) is 1.86. The number of halogens is 1. The molecule has 0 amide bonds. The third kappa shape index (κ3) is 3.60. The van der Waals surface area contributed by atoms with Crippen LogP contribution in [0.1, 0.15) is 13.3 Å². The second kappa shape index (κ2) is 6.44. The molecule has 0 aliphatic carbocycles. The summed E-state index contributed by atoms with van der Waals surface area (Å²) in [4.78, 5) is 2.41. The summed E-state index contributed by atoms with van der Waals surface area (Å²) >= 11 is 5.57. The van der Waals surface area contributed by atoms with Crippen molar-refractivity contribution < 1.29 is 4.74 Å². The lowest BCUT2D eigenvalue weighted by Crippen LogP contribution is -2.43. The second-order valence-electron chi connectivity index (χ2n) is 3.93. The smallest absolute Gasteiger partial charge is 0.0724 e. The Morgan fingerprint density at radius 1 is 1.50 bits per heavy atom. The third-order valence-electron chi connectivity index (χ3n) is 2.90. The number of nitrogens with zero attached hydrogens (tertiary/aromatic N) is 1. The summed E-state index contributed by atoms with van der Waals surface area (Å²) < 4.78 is 5.45. The zero-order chi connectivity index (χ0) is 10.4. The highest BCUT2D eigenvalue weighted by Crippen LogP contribution is 2.18. The Morgan fingerprint density at radius 2 is 2.29 bits per heavy atom. The Kier molecular flexibility index (Phi) is 5.53. The summed E-state index contributed by atoms with van der Waals surface area (Å²) in [6.45, 7) is 5.48. The molecule has 0 aromatic heterocycles. The number of ether oxygens (including phenoxy) is 1. The van der Waals surface area contributed by atoms with Crippen molar-refractivity contribution in [2.24, 2.45) is 5.92 Å². The van der Waals surface area contributed by atoms with E-state index in [4.69, 9.17) is 16.3 Å². The van der Waals surface area contributed by atoms with E-state index in [2.05, 4.69) is 17.9 Å². The fraction of sp³-hybridized carbons (Fsp3) is 0.818. The molecule has 2 atom stereocenters. The topological polar surface area (TPSA) is 12.5 Å². The predicted molar refractivity (Wildman–Crippen MR) is 60.9 cm³/mol. The molecule has 1 rings (SSSR count). The maximum Gasteiger partial charge on any atom is 0.0724 e.